The zero-order valence-corrected chi connectivity index (χ0v) is 17.7. The molecule has 1 aromatic carbocycles. The molecule has 0 radical (unpaired) electrons. The highest BCUT2D eigenvalue weighted by Gasteiger charge is 2.49. The summed E-state index contributed by atoms with van der Waals surface area (Å²) >= 11 is 0. The largest absolute Gasteiger partial charge is 0.479 e. The number of rotatable bonds is 14. The van der Waals surface area contributed by atoms with Gasteiger partial charge in [-0.05, 0) is 39.3 Å². The van der Waals surface area contributed by atoms with Crippen LogP contribution >= 0.6 is 0 Å². The minimum atomic E-state index is -3.99. The van der Waals surface area contributed by atoms with Crippen molar-refractivity contribution in [2.24, 2.45) is 0 Å². The summed E-state index contributed by atoms with van der Waals surface area (Å²) in [6.45, 7) is 5.16. The van der Waals surface area contributed by atoms with Gasteiger partial charge in [-0.1, -0.05) is 17.7 Å². The first-order chi connectivity index (χ1) is 13.7. The van der Waals surface area contributed by atoms with Crippen molar-refractivity contribution in [1.82, 2.24) is 0 Å². The summed E-state index contributed by atoms with van der Waals surface area (Å²) < 4.78 is 44.7. The third kappa shape index (κ3) is 7.39. The van der Waals surface area contributed by atoms with E-state index in [1.807, 2.05) is 6.92 Å². The van der Waals surface area contributed by atoms with E-state index in [9.17, 15) is 23.1 Å². The maximum absolute atomic E-state index is 12.3. The van der Waals surface area contributed by atoms with E-state index in [0.717, 1.165) is 5.56 Å². The Kier molecular flexibility index (Phi) is 10.2. The van der Waals surface area contributed by atoms with E-state index in [1.54, 1.807) is 26.0 Å². The van der Waals surface area contributed by atoms with Crippen molar-refractivity contribution in [3.05, 3.63) is 29.8 Å². The molecule has 0 amide bonds. The van der Waals surface area contributed by atoms with Gasteiger partial charge in [0.2, 0.25) is 0 Å². The summed E-state index contributed by atoms with van der Waals surface area (Å²) in [6.07, 6.45) is -0.387. The molecule has 0 saturated heterocycles. The summed E-state index contributed by atoms with van der Waals surface area (Å²) in [4.78, 5) is 24.1. The number of ether oxygens (including phenoxy) is 3. The highest BCUT2D eigenvalue weighted by Crippen LogP contribution is 2.23. The maximum atomic E-state index is 12.3. The zero-order chi connectivity index (χ0) is 21.9. The summed E-state index contributed by atoms with van der Waals surface area (Å²) in [5.74, 6) is -2.57. The van der Waals surface area contributed by atoms with Crippen LogP contribution in [0, 0.1) is 6.92 Å². The van der Waals surface area contributed by atoms with Crippen molar-refractivity contribution in [3.63, 3.8) is 0 Å². The third-order valence-corrected chi connectivity index (χ3v) is 5.28. The predicted octanol–water partition coefficient (Wildman–Crippen LogP) is 1.92. The van der Waals surface area contributed by atoms with Crippen LogP contribution in [0.1, 0.15) is 32.3 Å². The quantitative estimate of drug-likeness (QED) is 0.203. The molecule has 1 unspecified atom stereocenters. The number of benzene rings is 1. The summed E-state index contributed by atoms with van der Waals surface area (Å²) in [6, 6.07) is 6.11. The lowest BCUT2D eigenvalue weighted by atomic mass is 9.97. The van der Waals surface area contributed by atoms with Crippen molar-refractivity contribution < 1.29 is 41.5 Å². The van der Waals surface area contributed by atoms with Gasteiger partial charge in [0.05, 0.1) is 31.3 Å². The molecule has 0 bridgehead atoms. The molecular weight excluding hydrogens is 404 g/mol. The smallest absolute Gasteiger partial charge is 0.350 e. The SMILES string of the molecule is CCOCCOC(CCCOS(=O)(=O)c1ccc(C)cc1)(C(=O)O)C(=O)OCC. The first-order valence-corrected chi connectivity index (χ1v) is 10.7. The van der Waals surface area contributed by atoms with E-state index in [0.29, 0.717) is 6.61 Å². The van der Waals surface area contributed by atoms with Crippen molar-refractivity contribution in [2.45, 2.75) is 44.1 Å². The van der Waals surface area contributed by atoms with Gasteiger partial charge in [-0.25, -0.2) is 9.59 Å². The van der Waals surface area contributed by atoms with Crippen LogP contribution in [0.2, 0.25) is 0 Å². The molecule has 0 spiro atoms. The van der Waals surface area contributed by atoms with Crippen LogP contribution in [0.3, 0.4) is 0 Å². The topological polar surface area (TPSA) is 125 Å². The molecule has 0 aromatic heterocycles. The van der Waals surface area contributed by atoms with E-state index < -0.39 is 27.7 Å². The van der Waals surface area contributed by atoms with Gasteiger partial charge in [-0.3, -0.25) is 4.18 Å². The Balaban J connectivity index is 2.78. The van der Waals surface area contributed by atoms with Gasteiger partial charge < -0.3 is 19.3 Å². The van der Waals surface area contributed by atoms with E-state index in [4.69, 9.17) is 18.4 Å². The molecule has 0 fully saturated rings. The Morgan fingerprint density at radius 2 is 1.69 bits per heavy atom. The minimum absolute atomic E-state index is 0.00838. The summed E-state index contributed by atoms with van der Waals surface area (Å²) in [7, 11) is -3.99. The highest BCUT2D eigenvalue weighted by molar-refractivity contribution is 7.86. The third-order valence-electron chi connectivity index (χ3n) is 3.95. The van der Waals surface area contributed by atoms with Crippen molar-refractivity contribution in [2.75, 3.05) is 33.0 Å². The number of hydrogen-bond donors (Lipinski definition) is 1. The number of carbonyl (C=O) groups excluding carboxylic acids is 1. The van der Waals surface area contributed by atoms with Crippen LogP contribution in [0.5, 0.6) is 0 Å². The van der Waals surface area contributed by atoms with Crippen LogP contribution in [0.25, 0.3) is 0 Å². The van der Waals surface area contributed by atoms with Gasteiger partial charge in [0.25, 0.3) is 15.7 Å². The lowest BCUT2D eigenvalue weighted by Crippen LogP contribution is -2.51. The van der Waals surface area contributed by atoms with Crippen LogP contribution in [-0.4, -0.2) is 64.1 Å². The van der Waals surface area contributed by atoms with Crippen LogP contribution < -0.4 is 0 Å². The second-order valence-electron chi connectivity index (χ2n) is 6.09. The second-order valence-corrected chi connectivity index (χ2v) is 7.71. The first-order valence-electron chi connectivity index (χ1n) is 9.28. The predicted molar refractivity (Wildman–Crippen MR) is 103 cm³/mol. The number of carbonyl (C=O) groups is 2. The molecule has 0 heterocycles. The molecule has 0 saturated carbocycles. The number of hydrogen-bond acceptors (Lipinski definition) is 8. The van der Waals surface area contributed by atoms with Gasteiger partial charge in [0, 0.05) is 13.0 Å². The van der Waals surface area contributed by atoms with Crippen LogP contribution in [0.4, 0.5) is 0 Å². The van der Waals surface area contributed by atoms with Gasteiger partial charge >= 0.3 is 11.9 Å². The zero-order valence-electron chi connectivity index (χ0n) is 16.9. The van der Waals surface area contributed by atoms with Crippen molar-refractivity contribution in [3.8, 4) is 0 Å². The van der Waals surface area contributed by atoms with Crippen molar-refractivity contribution >= 4 is 22.1 Å². The molecule has 0 aliphatic rings. The average molecular weight is 432 g/mol. The number of aryl methyl sites for hydroxylation is 1. The fourth-order valence-corrected chi connectivity index (χ4v) is 3.36. The van der Waals surface area contributed by atoms with Crippen molar-refractivity contribution in [1.29, 1.82) is 0 Å². The van der Waals surface area contributed by atoms with Gasteiger partial charge in [-0.2, -0.15) is 8.42 Å². The number of carboxylic acid groups (broad SMARTS) is 1. The minimum Gasteiger partial charge on any atom is -0.479 e. The molecule has 164 valence electrons. The fraction of sp³-hybridized carbons (Fsp3) is 0.579. The molecule has 1 atom stereocenters. The first kappa shape index (κ1) is 25.0. The number of esters is 1. The van der Waals surface area contributed by atoms with E-state index in [1.165, 1.54) is 12.1 Å². The Hall–Kier alpha value is -2.01. The standard InChI is InChI=1S/C19H28O9S/c1-4-25-13-14-27-19(17(20)21,18(22)26-5-2)11-6-12-28-29(23,24)16-9-7-15(3)8-10-16/h7-10H,4-6,11-14H2,1-3H3,(H,20,21). The lowest BCUT2D eigenvalue weighted by molar-refractivity contribution is -0.190. The summed E-state index contributed by atoms with van der Waals surface area (Å²) in [5, 5.41) is 9.61. The van der Waals surface area contributed by atoms with E-state index in [2.05, 4.69) is 0 Å². The van der Waals surface area contributed by atoms with Gasteiger partial charge in [0.1, 0.15) is 0 Å². The summed E-state index contributed by atoms with van der Waals surface area (Å²) in [5.41, 5.74) is -1.36. The van der Waals surface area contributed by atoms with E-state index >= 15 is 0 Å². The molecule has 1 N–H and O–H groups in total. The normalized spacial score (nSPS) is 13.6. The monoisotopic (exact) mass is 432 g/mol. The highest BCUT2D eigenvalue weighted by atomic mass is 32.2. The molecule has 0 aliphatic carbocycles. The average Bonchev–Trinajstić information content (AvgIpc) is 2.67. The molecule has 1 rings (SSSR count). The van der Waals surface area contributed by atoms with Crippen LogP contribution in [-0.2, 0) is 38.1 Å². The Morgan fingerprint density at radius 3 is 2.24 bits per heavy atom. The molecule has 1 aromatic rings. The number of carboxylic acids is 1. The Morgan fingerprint density at radius 1 is 1.03 bits per heavy atom. The van der Waals surface area contributed by atoms with Crippen LogP contribution in [0.15, 0.2) is 29.2 Å². The molecule has 10 heteroatoms. The molecular formula is C19H28O9S. The van der Waals surface area contributed by atoms with Gasteiger partial charge in [0.15, 0.2) is 0 Å². The fourth-order valence-electron chi connectivity index (χ4n) is 2.42. The second kappa shape index (κ2) is 11.9. The molecule has 29 heavy (non-hydrogen) atoms. The Bertz CT molecular complexity index is 758. The Labute approximate surface area is 171 Å². The molecule has 9 nitrogen and oxygen atoms in total. The maximum Gasteiger partial charge on any atom is 0.350 e. The van der Waals surface area contributed by atoms with Gasteiger partial charge in [-0.15, -0.1) is 0 Å². The number of aliphatic carboxylic acids is 1. The van der Waals surface area contributed by atoms with E-state index in [-0.39, 0.29) is 44.2 Å². The lowest BCUT2D eigenvalue weighted by Gasteiger charge is -2.27. The molecule has 0 aliphatic heterocycles.